The van der Waals surface area contributed by atoms with E-state index in [9.17, 15) is 9.18 Å². The number of rotatable bonds is 1. The van der Waals surface area contributed by atoms with Crippen molar-refractivity contribution in [1.82, 2.24) is 4.98 Å². The van der Waals surface area contributed by atoms with Gasteiger partial charge in [0.05, 0.1) is 17.8 Å². The quantitative estimate of drug-likeness (QED) is 0.655. The van der Waals surface area contributed by atoms with Crippen molar-refractivity contribution < 1.29 is 13.9 Å². The highest BCUT2D eigenvalue weighted by Crippen LogP contribution is 2.17. The third kappa shape index (κ3) is 1.95. The first-order valence-electron chi connectivity index (χ1n) is 3.47. The Bertz CT molecular complexity index is 331. The molecule has 0 saturated heterocycles. The maximum Gasteiger partial charge on any atom is 0.356 e. The van der Waals surface area contributed by atoms with E-state index in [1.165, 1.54) is 14.0 Å². The normalized spacial score (nSPS) is 9.85. The fourth-order valence-corrected chi connectivity index (χ4v) is 1.07. The van der Waals surface area contributed by atoms with E-state index in [-0.39, 0.29) is 16.4 Å². The second kappa shape index (κ2) is 3.70. The number of esters is 1. The summed E-state index contributed by atoms with van der Waals surface area (Å²) in [7, 11) is 1.22. The molecule has 13 heavy (non-hydrogen) atoms. The first-order valence-corrected chi connectivity index (χ1v) is 3.85. The molecule has 70 valence electrons. The van der Waals surface area contributed by atoms with Gasteiger partial charge in [0.25, 0.3) is 0 Å². The first-order chi connectivity index (χ1) is 6.06. The van der Waals surface area contributed by atoms with Gasteiger partial charge in [0.15, 0.2) is 5.82 Å². The van der Waals surface area contributed by atoms with Gasteiger partial charge in [-0.25, -0.2) is 14.2 Å². The molecule has 3 nitrogen and oxygen atoms in total. The molecule has 0 spiro atoms. The average molecular weight is 204 g/mol. The van der Waals surface area contributed by atoms with Crippen molar-refractivity contribution >= 4 is 17.6 Å². The Labute approximate surface area is 79.5 Å². The zero-order chi connectivity index (χ0) is 10.0. The molecule has 1 heterocycles. The smallest absolute Gasteiger partial charge is 0.356 e. The molecule has 0 aliphatic rings. The number of ether oxygens (including phenoxy) is 1. The van der Waals surface area contributed by atoms with Gasteiger partial charge in [-0.15, -0.1) is 0 Å². The molecule has 0 bridgehead atoms. The minimum Gasteiger partial charge on any atom is -0.464 e. The number of aromatic nitrogens is 1. The second-order valence-corrected chi connectivity index (χ2v) is 2.79. The van der Waals surface area contributed by atoms with Gasteiger partial charge in [-0.3, -0.25) is 0 Å². The van der Waals surface area contributed by atoms with Crippen LogP contribution in [-0.2, 0) is 4.74 Å². The molecule has 5 heteroatoms. The predicted molar refractivity (Wildman–Crippen MR) is 45.3 cm³/mol. The molecule has 0 aromatic carbocycles. The van der Waals surface area contributed by atoms with E-state index in [1.807, 2.05) is 0 Å². The summed E-state index contributed by atoms with van der Waals surface area (Å²) in [5.41, 5.74) is 0.0827. The average Bonchev–Trinajstić information content (AvgIpc) is 2.12. The molecule has 0 atom stereocenters. The summed E-state index contributed by atoms with van der Waals surface area (Å²) in [6.07, 6.45) is 0. The molecule has 1 aromatic rings. The highest BCUT2D eigenvalue weighted by molar-refractivity contribution is 6.31. The lowest BCUT2D eigenvalue weighted by atomic mass is 10.3. The Morgan fingerprint density at radius 3 is 2.77 bits per heavy atom. The molecule has 0 radical (unpaired) electrons. The molecule has 0 unspecified atom stereocenters. The largest absolute Gasteiger partial charge is 0.464 e. The summed E-state index contributed by atoms with van der Waals surface area (Å²) in [6, 6.07) is 1.13. The van der Waals surface area contributed by atoms with Crippen LogP contribution in [0.1, 0.15) is 16.2 Å². The van der Waals surface area contributed by atoms with Crippen LogP contribution < -0.4 is 0 Å². The molecule has 1 rings (SSSR count). The highest BCUT2D eigenvalue weighted by Gasteiger charge is 2.13. The van der Waals surface area contributed by atoms with Crippen molar-refractivity contribution in [3.63, 3.8) is 0 Å². The van der Waals surface area contributed by atoms with E-state index in [2.05, 4.69) is 9.72 Å². The molecule has 0 N–H and O–H groups in total. The van der Waals surface area contributed by atoms with Gasteiger partial charge in [-0.1, -0.05) is 11.6 Å². The summed E-state index contributed by atoms with van der Waals surface area (Å²) in [5, 5.41) is -0.132. The lowest BCUT2D eigenvalue weighted by Gasteiger charge is -2.02. The predicted octanol–water partition coefficient (Wildman–Crippen LogP) is 1.97. The van der Waals surface area contributed by atoms with Crippen LogP contribution in [0.3, 0.4) is 0 Å². The van der Waals surface area contributed by atoms with Crippen LogP contribution in [0, 0.1) is 12.7 Å². The third-order valence-electron chi connectivity index (χ3n) is 1.47. The van der Waals surface area contributed by atoms with Gasteiger partial charge in [0, 0.05) is 0 Å². The molecule has 0 aliphatic carbocycles. The Kier molecular flexibility index (Phi) is 2.83. The maximum absolute atomic E-state index is 12.9. The van der Waals surface area contributed by atoms with Gasteiger partial charge in [0.2, 0.25) is 0 Å². The van der Waals surface area contributed by atoms with Crippen LogP contribution in [0.5, 0.6) is 0 Å². The summed E-state index contributed by atoms with van der Waals surface area (Å²) in [6.45, 7) is 1.42. The number of nitrogens with zero attached hydrogens (tertiary/aromatic N) is 1. The molecule has 0 amide bonds. The molecule has 0 fully saturated rings. The lowest BCUT2D eigenvalue weighted by Crippen LogP contribution is -2.06. The fraction of sp³-hybridized carbons (Fsp3) is 0.250. The van der Waals surface area contributed by atoms with Gasteiger partial charge < -0.3 is 4.74 Å². The SMILES string of the molecule is COC(=O)c1cc(Cl)c(F)c(C)n1. The Morgan fingerprint density at radius 2 is 2.31 bits per heavy atom. The van der Waals surface area contributed by atoms with E-state index in [4.69, 9.17) is 11.6 Å². The lowest BCUT2D eigenvalue weighted by molar-refractivity contribution is 0.0593. The number of hydrogen-bond donors (Lipinski definition) is 0. The molecular weight excluding hydrogens is 197 g/mol. The summed E-state index contributed by atoms with van der Waals surface area (Å²) in [4.78, 5) is 14.6. The zero-order valence-corrected chi connectivity index (χ0v) is 7.85. The van der Waals surface area contributed by atoms with Crippen molar-refractivity contribution in [3.8, 4) is 0 Å². The van der Waals surface area contributed by atoms with Gasteiger partial charge in [-0.05, 0) is 13.0 Å². The topological polar surface area (TPSA) is 39.2 Å². The minimum absolute atomic E-state index is 0.00593. The Balaban J connectivity index is 3.20. The summed E-state index contributed by atoms with van der Waals surface area (Å²) in [5.74, 6) is -1.25. The van der Waals surface area contributed by atoms with Crippen molar-refractivity contribution in [2.75, 3.05) is 7.11 Å². The van der Waals surface area contributed by atoms with Crippen LogP contribution in [0.4, 0.5) is 4.39 Å². The summed E-state index contributed by atoms with van der Waals surface area (Å²) < 4.78 is 17.3. The second-order valence-electron chi connectivity index (χ2n) is 2.38. The van der Waals surface area contributed by atoms with Gasteiger partial charge in [0.1, 0.15) is 5.69 Å². The van der Waals surface area contributed by atoms with Crippen molar-refractivity contribution in [3.05, 3.63) is 28.3 Å². The van der Waals surface area contributed by atoms with Gasteiger partial charge in [-0.2, -0.15) is 0 Å². The summed E-state index contributed by atoms with van der Waals surface area (Å²) >= 11 is 5.50. The monoisotopic (exact) mass is 203 g/mol. The van der Waals surface area contributed by atoms with Crippen molar-refractivity contribution in [2.45, 2.75) is 6.92 Å². The van der Waals surface area contributed by atoms with E-state index in [1.54, 1.807) is 0 Å². The fourth-order valence-electron chi connectivity index (χ4n) is 0.827. The van der Waals surface area contributed by atoms with E-state index >= 15 is 0 Å². The Hall–Kier alpha value is -1.16. The van der Waals surface area contributed by atoms with Crippen LogP contribution in [-0.4, -0.2) is 18.1 Å². The Morgan fingerprint density at radius 1 is 1.69 bits per heavy atom. The first kappa shape index (κ1) is 9.92. The molecular formula is C8H7ClFNO2. The van der Waals surface area contributed by atoms with E-state index < -0.39 is 11.8 Å². The standard InChI is InChI=1S/C8H7ClFNO2/c1-4-7(10)5(9)3-6(11-4)8(12)13-2/h3H,1-2H3. The number of halogens is 2. The number of aryl methyl sites for hydroxylation is 1. The van der Waals surface area contributed by atoms with Crippen molar-refractivity contribution in [2.24, 2.45) is 0 Å². The molecule has 0 saturated carbocycles. The number of pyridine rings is 1. The van der Waals surface area contributed by atoms with Crippen LogP contribution >= 0.6 is 11.6 Å². The number of carbonyl (C=O) groups is 1. The van der Waals surface area contributed by atoms with Crippen LogP contribution in [0.25, 0.3) is 0 Å². The van der Waals surface area contributed by atoms with Gasteiger partial charge >= 0.3 is 5.97 Å². The van der Waals surface area contributed by atoms with Crippen LogP contribution in [0.2, 0.25) is 5.02 Å². The number of carbonyl (C=O) groups excluding carboxylic acids is 1. The molecule has 0 aliphatic heterocycles. The van der Waals surface area contributed by atoms with Crippen LogP contribution in [0.15, 0.2) is 6.07 Å². The highest BCUT2D eigenvalue weighted by atomic mass is 35.5. The third-order valence-corrected chi connectivity index (χ3v) is 1.75. The minimum atomic E-state index is -0.634. The number of hydrogen-bond acceptors (Lipinski definition) is 3. The van der Waals surface area contributed by atoms with E-state index in [0.29, 0.717) is 0 Å². The maximum atomic E-state index is 12.9. The zero-order valence-electron chi connectivity index (χ0n) is 7.10. The van der Waals surface area contributed by atoms with E-state index in [0.717, 1.165) is 6.07 Å². The number of methoxy groups -OCH3 is 1. The van der Waals surface area contributed by atoms with Crippen molar-refractivity contribution in [1.29, 1.82) is 0 Å². The molecule has 1 aromatic heterocycles.